The Balaban J connectivity index is 1.50. The van der Waals surface area contributed by atoms with Crippen LogP contribution in [0.2, 0.25) is 10.0 Å². The number of nitrogens with two attached hydrogens (primary N) is 1. The smallest absolute Gasteiger partial charge is 0.224 e. The lowest BCUT2D eigenvalue weighted by molar-refractivity contribution is -0.122. The number of anilines is 3. The van der Waals surface area contributed by atoms with Gasteiger partial charge in [0.1, 0.15) is 21.2 Å². The zero-order valence-corrected chi connectivity index (χ0v) is 22.1. The molecule has 1 aliphatic carbocycles. The minimum Gasteiger partial charge on any atom is -0.369 e. The van der Waals surface area contributed by atoms with Gasteiger partial charge in [0.15, 0.2) is 5.65 Å². The topological polar surface area (TPSA) is 145 Å². The summed E-state index contributed by atoms with van der Waals surface area (Å²) < 4.78 is 40.2. The molecule has 198 valence electrons. The van der Waals surface area contributed by atoms with Crippen LogP contribution in [-0.4, -0.2) is 51.4 Å². The maximum Gasteiger partial charge on any atom is 0.224 e. The number of carbonyl (C=O) groups is 1. The molecule has 37 heavy (non-hydrogen) atoms. The van der Waals surface area contributed by atoms with Crippen molar-refractivity contribution >= 4 is 67.7 Å². The van der Waals surface area contributed by atoms with E-state index in [1.54, 1.807) is 6.20 Å². The Kier molecular flexibility index (Phi) is 7.16. The first-order valence-corrected chi connectivity index (χ1v) is 14.6. The predicted molar refractivity (Wildman–Crippen MR) is 141 cm³/mol. The van der Waals surface area contributed by atoms with Crippen LogP contribution in [0.15, 0.2) is 18.3 Å². The van der Waals surface area contributed by atoms with E-state index in [2.05, 4.69) is 20.6 Å². The minimum absolute atomic E-state index is 0.0307. The number of carbonyl (C=O) groups excluding carboxylic acids is 1. The lowest BCUT2D eigenvalue weighted by Crippen LogP contribution is -2.32. The summed E-state index contributed by atoms with van der Waals surface area (Å²) in [4.78, 5) is 25.4. The van der Waals surface area contributed by atoms with Gasteiger partial charge in [0.05, 0.1) is 28.4 Å². The minimum atomic E-state index is -3.00. The lowest BCUT2D eigenvalue weighted by atomic mass is 9.85. The average molecular weight is 570 g/mol. The summed E-state index contributed by atoms with van der Waals surface area (Å²) >= 11 is 12.2. The van der Waals surface area contributed by atoms with E-state index in [-0.39, 0.29) is 51.1 Å². The van der Waals surface area contributed by atoms with Crippen LogP contribution < -0.4 is 16.4 Å². The largest absolute Gasteiger partial charge is 0.369 e. The number of fused-ring (bicyclic) bond motifs is 1. The molecule has 2 fully saturated rings. The fourth-order valence-corrected chi connectivity index (χ4v) is 7.01. The Morgan fingerprint density at radius 3 is 2.43 bits per heavy atom. The van der Waals surface area contributed by atoms with Crippen LogP contribution in [0.5, 0.6) is 0 Å². The molecule has 1 amide bonds. The zero-order valence-electron chi connectivity index (χ0n) is 19.8. The normalized spacial score (nSPS) is 22.1. The Morgan fingerprint density at radius 2 is 1.78 bits per heavy atom. The second-order valence-electron chi connectivity index (χ2n) is 9.56. The van der Waals surface area contributed by atoms with Crippen molar-refractivity contribution in [1.29, 1.82) is 0 Å². The number of nitrogens with one attached hydrogen (secondary N) is 2. The molecule has 1 saturated heterocycles. The molecular formula is C23H26Cl2FN7O3S. The first-order chi connectivity index (χ1) is 17.6. The van der Waals surface area contributed by atoms with Crippen LogP contribution in [0, 0.1) is 11.7 Å². The Labute approximate surface area is 223 Å². The van der Waals surface area contributed by atoms with Gasteiger partial charge in [0.2, 0.25) is 17.8 Å². The van der Waals surface area contributed by atoms with E-state index in [0.29, 0.717) is 61.6 Å². The second-order valence-corrected chi connectivity index (χ2v) is 12.7. The maximum absolute atomic E-state index is 14.7. The van der Waals surface area contributed by atoms with E-state index in [4.69, 9.17) is 33.9 Å². The number of rotatable bonds is 6. The summed E-state index contributed by atoms with van der Waals surface area (Å²) in [5.74, 6) is -0.216. The number of primary amides is 1. The van der Waals surface area contributed by atoms with Gasteiger partial charge in [-0.1, -0.05) is 23.2 Å². The van der Waals surface area contributed by atoms with Gasteiger partial charge in [-0.05, 0) is 50.7 Å². The van der Waals surface area contributed by atoms with E-state index in [1.165, 1.54) is 6.07 Å². The van der Waals surface area contributed by atoms with Crippen LogP contribution in [0.25, 0.3) is 11.2 Å². The first kappa shape index (κ1) is 25.9. The summed E-state index contributed by atoms with van der Waals surface area (Å²) in [5.41, 5.74) is 6.56. The summed E-state index contributed by atoms with van der Waals surface area (Å²) in [7, 11) is -3.00. The monoisotopic (exact) mass is 569 g/mol. The molecule has 10 nitrogen and oxygen atoms in total. The molecule has 0 radical (unpaired) electrons. The van der Waals surface area contributed by atoms with Gasteiger partial charge in [-0.25, -0.2) is 22.8 Å². The molecule has 5 rings (SSSR count). The molecule has 1 saturated carbocycles. The number of halogens is 3. The van der Waals surface area contributed by atoms with Crippen LogP contribution in [0.1, 0.15) is 44.6 Å². The first-order valence-electron chi connectivity index (χ1n) is 12.0. The van der Waals surface area contributed by atoms with E-state index < -0.39 is 15.7 Å². The highest BCUT2D eigenvalue weighted by Crippen LogP contribution is 2.38. The Hall–Kier alpha value is -2.70. The average Bonchev–Trinajstić information content (AvgIpc) is 3.20. The number of aromatic nitrogens is 4. The highest BCUT2D eigenvalue weighted by molar-refractivity contribution is 7.91. The molecule has 4 N–H and O–H groups in total. The predicted octanol–water partition coefficient (Wildman–Crippen LogP) is 4.22. The van der Waals surface area contributed by atoms with Crippen molar-refractivity contribution in [3.05, 3.63) is 34.2 Å². The molecule has 14 heteroatoms. The van der Waals surface area contributed by atoms with Gasteiger partial charge >= 0.3 is 0 Å². The molecule has 0 bridgehead atoms. The fourth-order valence-electron chi connectivity index (χ4n) is 5.00. The van der Waals surface area contributed by atoms with Gasteiger partial charge in [-0.15, -0.1) is 0 Å². The summed E-state index contributed by atoms with van der Waals surface area (Å²) in [6.07, 6.45) is 5.04. The molecule has 3 aromatic rings. The quantitative estimate of drug-likeness (QED) is 0.400. The standard InChI is InChI=1S/C23H26Cl2FN7O3S/c24-13-9-16(25)19(17(26)10-13)31-23-30-18-11-28-22(29-14-5-7-37(35,36)8-6-14)32-21(18)33(23)15-3-1-12(2-4-15)20(27)34/h9-12,14-15H,1-8H2,(H2,27,34)(H,30,31)(H,28,29,32)/t12-,15-. The molecule has 1 aromatic carbocycles. The third kappa shape index (κ3) is 5.60. The number of hydrogen-bond acceptors (Lipinski definition) is 8. The molecule has 1 aliphatic heterocycles. The SMILES string of the molecule is NC(=O)[C@H]1CC[C@H](n2c(Nc3c(F)cc(Cl)cc3Cl)nc3cnc(NC4CCS(=O)(=O)CC4)nc32)CC1. The summed E-state index contributed by atoms with van der Waals surface area (Å²) in [5, 5.41) is 6.52. The number of imidazole rings is 1. The summed E-state index contributed by atoms with van der Waals surface area (Å²) in [6, 6.07) is 2.45. The molecular weight excluding hydrogens is 544 g/mol. The fraction of sp³-hybridized carbons (Fsp3) is 0.478. The third-order valence-electron chi connectivity index (χ3n) is 7.03. The van der Waals surface area contributed by atoms with Gasteiger partial charge in [0.25, 0.3) is 0 Å². The maximum atomic E-state index is 14.7. The Bertz CT molecular complexity index is 1420. The number of amides is 1. The van der Waals surface area contributed by atoms with Crippen molar-refractivity contribution in [3.8, 4) is 0 Å². The zero-order chi connectivity index (χ0) is 26.3. The summed E-state index contributed by atoms with van der Waals surface area (Å²) in [6.45, 7) is 0. The number of hydrogen-bond donors (Lipinski definition) is 3. The molecule has 0 spiro atoms. The van der Waals surface area contributed by atoms with Crippen molar-refractivity contribution in [1.82, 2.24) is 19.5 Å². The van der Waals surface area contributed by atoms with Crippen LogP contribution in [0.3, 0.4) is 0 Å². The van der Waals surface area contributed by atoms with Crippen molar-refractivity contribution in [2.24, 2.45) is 11.7 Å². The van der Waals surface area contributed by atoms with E-state index >= 15 is 0 Å². The molecule has 0 atom stereocenters. The number of nitrogens with zero attached hydrogens (tertiary/aromatic N) is 4. The van der Waals surface area contributed by atoms with Gasteiger partial charge in [0, 0.05) is 23.0 Å². The van der Waals surface area contributed by atoms with Crippen LogP contribution in [0.4, 0.5) is 22.0 Å². The lowest BCUT2D eigenvalue weighted by Gasteiger charge is -2.29. The highest BCUT2D eigenvalue weighted by atomic mass is 35.5. The van der Waals surface area contributed by atoms with E-state index in [0.717, 1.165) is 6.07 Å². The van der Waals surface area contributed by atoms with E-state index in [9.17, 15) is 17.6 Å². The Morgan fingerprint density at radius 1 is 1.08 bits per heavy atom. The molecule has 3 heterocycles. The van der Waals surface area contributed by atoms with Gasteiger partial charge in [-0.2, -0.15) is 4.98 Å². The van der Waals surface area contributed by atoms with E-state index in [1.807, 2.05) is 4.57 Å². The van der Waals surface area contributed by atoms with Crippen molar-refractivity contribution in [2.45, 2.75) is 50.6 Å². The molecule has 0 unspecified atom stereocenters. The van der Waals surface area contributed by atoms with Gasteiger partial charge < -0.3 is 16.4 Å². The van der Waals surface area contributed by atoms with Crippen LogP contribution >= 0.6 is 23.2 Å². The third-order valence-corrected chi connectivity index (χ3v) is 9.26. The van der Waals surface area contributed by atoms with Gasteiger partial charge in [-0.3, -0.25) is 9.36 Å². The van der Waals surface area contributed by atoms with Crippen molar-refractivity contribution in [3.63, 3.8) is 0 Å². The second kappa shape index (κ2) is 10.2. The van der Waals surface area contributed by atoms with Crippen molar-refractivity contribution in [2.75, 3.05) is 22.1 Å². The molecule has 2 aliphatic rings. The molecule has 2 aromatic heterocycles. The number of benzene rings is 1. The van der Waals surface area contributed by atoms with Crippen LogP contribution in [-0.2, 0) is 14.6 Å². The number of sulfone groups is 1. The van der Waals surface area contributed by atoms with Crippen molar-refractivity contribution < 1.29 is 17.6 Å². The highest BCUT2D eigenvalue weighted by Gasteiger charge is 2.30.